The summed E-state index contributed by atoms with van der Waals surface area (Å²) in [4.78, 5) is 25.9. The highest BCUT2D eigenvalue weighted by atomic mass is 35.5. The molecule has 0 spiro atoms. The molecule has 0 bridgehead atoms. The van der Waals surface area contributed by atoms with Crippen molar-refractivity contribution in [3.63, 3.8) is 0 Å². The Labute approximate surface area is 136 Å². The monoisotopic (exact) mass is 330 g/mol. The molecule has 0 fully saturated rings. The van der Waals surface area contributed by atoms with Crippen molar-refractivity contribution in [2.24, 2.45) is 0 Å². The van der Waals surface area contributed by atoms with Crippen molar-refractivity contribution in [2.45, 2.75) is 6.54 Å². The third-order valence-electron chi connectivity index (χ3n) is 3.48. The number of fused-ring (bicyclic) bond motifs is 1. The van der Waals surface area contributed by atoms with Crippen molar-refractivity contribution >= 4 is 35.0 Å². The molecule has 4 nitrogen and oxygen atoms in total. The fourth-order valence-electron chi connectivity index (χ4n) is 2.36. The second-order valence-corrected chi connectivity index (χ2v) is 5.59. The molecule has 0 aromatic heterocycles. The van der Waals surface area contributed by atoms with Gasteiger partial charge in [-0.25, -0.2) is 0 Å². The highest BCUT2D eigenvalue weighted by molar-refractivity contribution is 6.43. The number of nitriles is 1. The number of imide groups is 1. The Bertz CT molecular complexity index is 815. The van der Waals surface area contributed by atoms with E-state index in [0.717, 1.165) is 4.90 Å². The van der Waals surface area contributed by atoms with Crippen LogP contribution in [0.1, 0.15) is 31.8 Å². The van der Waals surface area contributed by atoms with Crippen LogP contribution in [0, 0.1) is 11.3 Å². The maximum absolute atomic E-state index is 12.4. The van der Waals surface area contributed by atoms with Crippen molar-refractivity contribution < 1.29 is 9.59 Å². The summed E-state index contributed by atoms with van der Waals surface area (Å²) >= 11 is 11.8. The second kappa shape index (κ2) is 5.45. The van der Waals surface area contributed by atoms with Crippen molar-refractivity contribution in [3.05, 3.63) is 68.7 Å². The molecule has 2 aromatic rings. The Kier molecular flexibility index (Phi) is 3.61. The molecular formula is C16H8Cl2N2O2. The lowest BCUT2D eigenvalue weighted by molar-refractivity contribution is 0.0642. The van der Waals surface area contributed by atoms with E-state index in [1.807, 2.05) is 6.07 Å². The molecule has 3 rings (SSSR count). The van der Waals surface area contributed by atoms with Crippen LogP contribution in [-0.2, 0) is 6.54 Å². The summed E-state index contributed by atoms with van der Waals surface area (Å²) in [5.74, 6) is -0.877. The van der Waals surface area contributed by atoms with Gasteiger partial charge in [-0.2, -0.15) is 5.26 Å². The number of carbonyl (C=O) groups excluding carboxylic acids is 2. The van der Waals surface area contributed by atoms with Crippen LogP contribution in [0.25, 0.3) is 0 Å². The molecule has 0 unspecified atom stereocenters. The number of hydrogen-bond donors (Lipinski definition) is 0. The molecule has 1 aliphatic rings. The zero-order valence-corrected chi connectivity index (χ0v) is 12.6. The van der Waals surface area contributed by atoms with Gasteiger partial charge in [0.05, 0.1) is 39.3 Å². The van der Waals surface area contributed by atoms with Gasteiger partial charge in [-0.05, 0) is 23.8 Å². The number of rotatable bonds is 2. The van der Waals surface area contributed by atoms with E-state index in [9.17, 15) is 9.59 Å². The predicted molar refractivity (Wildman–Crippen MR) is 81.8 cm³/mol. The molecule has 0 saturated heterocycles. The van der Waals surface area contributed by atoms with Gasteiger partial charge in [0.1, 0.15) is 0 Å². The summed E-state index contributed by atoms with van der Waals surface area (Å²) in [6, 6.07) is 11.7. The predicted octanol–water partition coefficient (Wildman–Crippen LogP) is 3.66. The number of hydrogen-bond acceptors (Lipinski definition) is 3. The van der Waals surface area contributed by atoms with Crippen LogP contribution in [0.5, 0.6) is 0 Å². The van der Waals surface area contributed by atoms with E-state index in [2.05, 4.69) is 0 Å². The maximum Gasteiger partial charge on any atom is 0.261 e. The molecule has 1 aliphatic heterocycles. The zero-order chi connectivity index (χ0) is 15.9. The third kappa shape index (κ3) is 2.25. The molecule has 2 amide bonds. The van der Waals surface area contributed by atoms with Crippen LogP contribution in [0.4, 0.5) is 0 Å². The van der Waals surface area contributed by atoms with E-state index in [1.54, 1.807) is 24.3 Å². The van der Waals surface area contributed by atoms with Crippen molar-refractivity contribution in [1.29, 1.82) is 5.26 Å². The Morgan fingerprint density at radius 3 is 2.09 bits per heavy atom. The average Bonchev–Trinajstić information content (AvgIpc) is 2.73. The van der Waals surface area contributed by atoms with Gasteiger partial charge in [0.2, 0.25) is 0 Å². The zero-order valence-electron chi connectivity index (χ0n) is 11.1. The van der Waals surface area contributed by atoms with Gasteiger partial charge < -0.3 is 0 Å². The topological polar surface area (TPSA) is 61.2 Å². The summed E-state index contributed by atoms with van der Waals surface area (Å²) in [5, 5.41) is 9.54. The Morgan fingerprint density at radius 2 is 1.55 bits per heavy atom. The van der Waals surface area contributed by atoms with Gasteiger partial charge in [0.15, 0.2) is 0 Å². The Morgan fingerprint density at radius 1 is 1.00 bits per heavy atom. The van der Waals surface area contributed by atoms with Crippen LogP contribution >= 0.6 is 23.2 Å². The molecule has 0 N–H and O–H groups in total. The number of halogens is 2. The van der Waals surface area contributed by atoms with Crippen LogP contribution in [0.2, 0.25) is 10.0 Å². The fraction of sp³-hybridized carbons (Fsp3) is 0.0625. The number of nitrogens with zero attached hydrogens (tertiary/aromatic N) is 2. The van der Waals surface area contributed by atoms with Crippen LogP contribution in [0.15, 0.2) is 36.4 Å². The van der Waals surface area contributed by atoms with Gasteiger partial charge in [-0.15, -0.1) is 0 Å². The normalized spacial score (nSPS) is 13.2. The third-order valence-corrected chi connectivity index (χ3v) is 4.20. The van der Waals surface area contributed by atoms with Crippen LogP contribution in [0.3, 0.4) is 0 Å². The fourth-order valence-corrected chi connectivity index (χ4v) is 2.69. The molecule has 108 valence electrons. The SMILES string of the molecule is N#Cc1ccccc1CN1C(=O)c2cc(Cl)c(Cl)cc2C1=O. The van der Waals surface area contributed by atoms with Crippen LogP contribution in [-0.4, -0.2) is 16.7 Å². The summed E-state index contributed by atoms with van der Waals surface area (Å²) < 4.78 is 0. The summed E-state index contributed by atoms with van der Waals surface area (Å²) in [6.45, 7) is 0.0331. The molecular weight excluding hydrogens is 323 g/mol. The molecule has 1 heterocycles. The minimum absolute atomic E-state index is 0.0331. The first kappa shape index (κ1) is 14.6. The van der Waals surface area contributed by atoms with Gasteiger partial charge in [-0.3, -0.25) is 14.5 Å². The minimum Gasteiger partial charge on any atom is -0.270 e. The molecule has 0 atom stereocenters. The highest BCUT2D eigenvalue weighted by Crippen LogP contribution is 2.32. The Balaban J connectivity index is 2.00. The second-order valence-electron chi connectivity index (χ2n) is 4.78. The number of carbonyl (C=O) groups is 2. The van der Waals surface area contributed by atoms with E-state index in [4.69, 9.17) is 28.5 Å². The van der Waals surface area contributed by atoms with Crippen molar-refractivity contribution in [1.82, 2.24) is 4.90 Å². The van der Waals surface area contributed by atoms with Gasteiger partial charge >= 0.3 is 0 Å². The van der Waals surface area contributed by atoms with E-state index in [1.165, 1.54) is 12.1 Å². The van der Waals surface area contributed by atoms with E-state index < -0.39 is 11.8 Å². The first-order chi connectivity index (χ1) is 10.5. The molecule has 2 aromatic carbocycles. The molecule has 0 saturated carbocycles. The van der Waals surface area contributed by atoms with Gasteiger partial charge in [-0.1, -0.05) is 41.4 Å². The van der Waals surface area contributed by atoms with E-state index in [0.29, 0.717) is 11.1 Å². The largest absolute Gasteiger partial charge is 0.270 e. The van der Waals surface area contributed by atoms with E-state index >= 15 is 0 Å². The summed E-state index contributed by atoms with van der Waals surface area (Å²) in [6.07, 6.45) is 0. The average molecular weight is 331 g/mol. The van der Waals surface area contributed by atoms with E-state index in [-0.39, 0.29) is 27.7 Å². The summed E-state index contributed by atoms with van der Waals surface area (Å²) in [5.41, 5.74) is 1.49. The lowest BCUT2D eigenvalue weighted by Gasteiger charge is -2.14. The van der Waals surface area contributed by atoms with Crippen LogP contribution < -0.4 is 0 Å². The number of benzene rings is 2. The molecule has 0 aliphatic carbocycles. The lowest BCUT2D eigenvalue weighted by atomic mass is 10.1. The number of amides is 2. The van der Waals surface area contributed by atoms with Crippen molar-refractivity contribution in [2.75, 3.05) is 0 Å². The van der Waals surface area contributed by atoms with Gasteiger partial charge in [0, 0.05) is 0 Å². The molecule has 0 radical (unpaired) electrons. The highest BCUT2D eigenvalue weighted by Gasteiger charge is 2.36. The minimum atomic E-state index is -0.439. The maximum atomic E-state index is 12.4. The first-order valence-corrected chi connectivity index (χ1v) is 7.11. The first-order valence-electron chi connectivity index (χ1n) is 6.36. The van der Waals surface area contributed by atoms with Crippen molar-refractivity contribution in [3.8, 4) is 6.07 Å². The Hall–Kier alpha value is -2.35. The molecule has 22 heavy (non-hydrogen) atoms. The molecule has 6 heteroatoms. The van der Waals surface area contributed by atoms with Gasteiger partial charge in [0.25, 0.3) is 11.8 Å². The lowest BCUT2D eigenvalue weighted by Crippen LogP contribution is -2.29. The quantitative estimate of drug-likeness (QED) is 0.789. The smallest absolute Gasteiger partial charge is 0.261 e. The standard InChI is InChI=1S/C16H8Cl2N2O2/c17-13-5-11-12(6-14(13)18)16(22)20(15(11)21)8-10-4-2-1-3-9(10)7-19/h1-6H,8H2. The summed E-state index contributed by atoms with van der Waals surface area (Å²) in [7, 11) is 0.